The van der Waals surface area contributed by atoms with Gasteiger partial charge in [0.25, 0.3) is 5.91 Å². The number of aliphatic hydroxyl groups excluding tert-OH is 1. The molecule has 4 aliphatic rings. The Morgan fingerprint density at radius 3 is 2.22 bits per heavy atom. The number of fused-ring (bicyclic) bond motifs is 2. The maximum absolute atomic E-state index is 14.8. The number of anilines is 1. The van der Waals surface area contributed by atoms with Crippen LogP contribution in [0.2, 0.25) is 5.02 Å². The third kappa shape index (κ3) is 5.07. The van der Waals surface area contributed by atoms with Crippen LogP contribution in [0.3, 0.4) is 0 Å². The fourth-order valence-corrected chi connectivity index (χ4v) is 7.58. The van der Waals surface area contributed by atoms with Gasteiger partial charge in [0.1, 0.15) is 11.6 Å². The van der Waals surface area contributed by atoms with E-state index >= 15 is 0 Å². The number of ether oxygens (including phenoxy) is 1. The Bertz CT molecular complexity index is 1650. The molecule has 7 rings (SSSR count). The highest BCUT2D eigenvalue weighted by atomic mass is 35.5. The molecule has 1 N–H and O–H groups in total. The maximum Gasteiger partial charge on any atom is 0.253 e. The summed E-state index contributed by atoms with van der Waals surface area (Å²) < 4.78 is 6.80. The first kappa shape index (κ1) is 29.5. The van der Waals surface area contributed by atoms with Gasteiger partial charge in [0.15, 0.2) is 0 Å². The summed E-state index contributed by atoms with van der Waals surface area (Å²) in [5.74, 6) is -2.66. The molecule has 1 spiro atoms. The molecule has 4 heterocycles. The molecule has 2 fully saturated rings. The molecule has 3 aromatic carbocycles. The molecule has 6 atom stereocenters. The second kappa shape index (κ2) is 11.9. The normalized spacial score (nSPS) is 28.0. The summed E-state index contributed by atoms with van der Waals surface area (Å²) in [6.45, 7) is 0.663. The van der Waals surface area contributed by atoms with Gasteiger partial charge in [-0.25, -0.2) is 0 Å². The molecule has 230 valence electrons. The highest BCUT2D eigenvalue weighted by Gasteiger charge is 2.72. The Hall–Kier alpha value is -4.24. The van der Waals surface area contributed by atoms with Crippen molar-refractivity contribution in [2.24, 2.45) is 11.8 Å². The number of nitrogens with zero attached hydrogens (tertiary/aromatic N) is 3. The predicted octanol–water partition coefficient (Wildman–Crippen LogP) is 4.03. The minimum Gasteiger partial charge on any atom is -0.394 e. The molecule has 1 unspecified atom stereocenters. The van der Waals surface area contributed by atoms with E-state index < -0.39 is 35.6 Å². The van der Waals surface area contributed by atoms with E-state index in [4.69, 9.17) is 16.3 Å². The summed E-state index contributed by atoms with van der Waals surface area (Å²) >= 11 is 6.16. The van der Waals surface area contributed by atoms with Crippen molar-refractivity contribution >= 4 is 35.0 Å². The fraction of sp³-hybridized carbons (Fsp3) is 0.306. The van der Waals surface area contributed by atoms with Gasteiger partial charge >= 0.3 is 0 Å². The van der Waals surface area contributed by atoms with Crippen molar-refractivity contribution in [2.45, 2.75) is 36.8 Å². The van der Waals surface area contributed by atoms with E-state index in [0.717, 1.165) is 11.1 Å². The van der Waals surface area contributed by atoms with Crippen LogP contribution in [0, 0.1) is 11.8 Å². The van der Waals surface area contributed by atoms with Gasteiger partial charge in [0.05, 0.1) is 30.6 Å². The van der Waals surface area contributed by atoms with Gasteiger partial charge < -0.3 is 24.5 Å². The third-order valence-corrected chi connectivity index (χ3v) is 9.70. The van der Waals surface area contributed by atoms with E-state index in [1.807, 2.05) is 85.0 Å². The van der Waals surface area contributed by atoms with Crippen LogP contribution in [0.15, 0.2) is 109 Å². The smallest absolute Gasteiger partial charge is 0.253 e. The van der Waals surface area contributed by atoms with Crippen LogP contribution >= 0.6 is 11.6 Å². The molecule has 9 heteroatoms. The Balaban J connectivity index is 1.31. The van der Waals surface area contributed by atoms with Crippen molar-refractivity contribution in [3.8, 4) is 0 Å². The Kier molecular flexibility index (Phi) is 7.81. The molecule has 3 amide bonds. The molecule has 4 aliphatic heterocycles. The van der Waals surface area contributed by atoms with Crippen LogP contribution in [0.25, 0.3) is 0 Å². The largest absolute Gasteiger partial charge is 0.394 e. The Morgan fingerprint density at radius 2 is 1.53 bits per heavy atom. The van der Waals surface area contributed by atoms with Crippen LogP contribution < -0.4 is 4.90 Å². The zero-order chi connectivity index (χ0) is 31.1. The molecule has 3 aromatic rings. The monoisotopic (exact) mass is 623 g/mol. The predicted molar refractivity (Wildman–Crippen MR) is 170 cm³/mol. The lowest BCUT2D eigenvalue weighted by Crippen LogP contribution is -2.58. The average molecular weight is 624 g/mol. The second-order valence-corrected chi connectivity index (χ2v) is 12.5. The van der Waals surface area contributed by atoms with Crippen LogP contribution in [-0.2, 0) is 32.1 Å². The Labute approximate surface area is 267 Å². The molecule has 45 heavy (non-hydrogen) atoms. The second-order valence-electron chi connectivity index (χ2n) is 12.1. The minimum absolute atomic E-state index is 0.187. The standard InChI is InChI=1S/C36H34ClN3O5/c37-26-14-16-27(17-15-26)39-20-8-18-36-31(30-29(45-36)13-7-19-38(33(30)42)22-25-11-5-2-6-12-25)34(43)40(32(36)35(39)44)28(23-41)21-24-9-3-1-4-10-24/h1-18,28-32,41H,19-23H2/t28-,29-,30+,31+,32?,36+/m1/s1. The number of hydrogen-bond acceptors (Lipinski definition) is 5. The summed E-state index contributed by atoms with van der Waals surface area (Å²) in [6, 6.07) is 24.5. The number of hydrogen-bond donors (Lipinski definition) is 1. The lowest BCUT2D eigenvalue weighted by atomic mass is 9.77. The highest BCUT2D eigenvalue weighted by Crippen LogP contribution is 2.54. The molecular formula is C36H34ClN3O5. The molecule has 0 aliphatic carbocycles. The van der Waals surface area contributed by atoms with Crippen LogP contribution in [0.4, 0.5) is 5.69 Å². The molecule has 0 bridgehead atoms. The van der Waals surface area contributed by atoms with E-state index in [0.29, 0.717) is 30.2 Å². The summed E-state index contributed by atoms with van der Waals surface area (Å²) in [5, 5.41) is 11.3. The van der Waals surface area contributed by atoms with Gasteiger partial charge in [-0.2, -0.15) is 0 Å². The zero-order valence-electron chi connectivity index (χ0n) is 24.6. The number of halogens is 1. The number of likely N-dealkylation sites (tertiary alicyclic amines) is 1. The summed E-state index contributed by atoms with van der Waals surface area (Å²) in [5.41, 5.74) is 1.13. The summed E-state index contributed by atoms with van der Waals surface area (Å²) in [7, 11) is 0. The van der Waals surface area contributed by atoms with E-state index in [1.54, 1.807) is 34.1 Å². The van der Waals surface area contributed by atoms with Gasteiger partial charge in [-0.15, -0.1) is 0 Å². The minimum atomic E-state index is -1.40. The third-order valence-electron chi connectivity index (χ3n) is 9.45. The van der Waals surface area contributed by atoms with Crippen molar-refractivity contribution in [3.05, 3.63) is 125 Å². The first-order valence-electron chi connectivity index (χ1n) is 15.3. The van der Waals surface area contributed by atoms with Gasteiger partial charge in [0.2, 0.25) is 11.8 Å². The topological polar surface area (TPSA) is 90.4 Å². The van der Waals surface area contributed by atoms with E-state index in [1.165, 1.54) is 4.90 Å². The van der Waals surface area contributed by atoms with Gasteiger partial charge in [-0.05, 0) is 41.8 Å². The number of carbonyl (C=O) groups is 3. The SMILES string of the molecule is O=C1[C@@H]2[C@H]3C(=O)N([C@@H](CO)Cc4ccccc4)C4C(=O)N(c5ccc(Cl)cc5)CC=C[C@@]43O[C@@H]2C=CCN1Cc1ccccc1. The quantitative estimate of drug-likeness (QED) is 0.402. The average Bonchev–Trinajstić information content (AvgIpc) is 3.38. The fourth-order valence-electron chi connectivity index (χ4n) is 7.46. The number of benzene rings is 3. The Morgan fingerprint density at radius 1 is 0.844 bits per heavy atom. The lowest BCUT2D eigenvalue weighted by Gasteiger charge is -2.38. The van der Waals surface area contributed by atoms with Crippen molar-refractivity contribution in [3.63, 3.8) is 0 Å². The van der Waals surface area contributed by atoms with Gasteiger partial charge in [0, 0.05) is 30.3 Å². The van der Waals surface area contributed by atoms with E-state index in [-0.39, 0.29) is 30.9 Å². The number of amides is 3. The molecule has 2 saturated heterocycles. The molecule has 0 radical (unpaired) electrons. The van der Waals surface area contributed by atoms with Crippen LogP contribution in [-0.4, -0.2) is 76.1 Å². The van der Waals surface area contributed by atoms with Crippen molar-refractivity contribution in [1.29, 1.82) is 0 Å². The van der Waals surface area contributed by atoms with Crippen molar-refractivity contribution in [2.75, 3.05) is 24.6 Å². The molecule has 8 nitrogen and oxygen atoms in total. The molecule has 0 aromatic heterocycles. The number of aliphatic hydroxyl groups is 1. The summed E-state index contributed by atoms with van der Waals surface area (Å²) in [6.07, 6.45) is 7.10. The number of carbonyl (C=O) groups excluding carboxylic acids is 3. The zero-order valence-corrected chi connectivity index (χ0v) is 25.4. The van der Waals surface area contributed by atoms with Gasteiger partial charge in [-0.3, -0.25) is 14.4 Å². The van der Waals surface area contributed by atoms with Crippen LogP contribution in [0.5, 0.6) is 0 Å². The molecular weight excluding hydrogens is 590 g/mol. The van der Waals surface area contributed by atoms with Gasteiger partial charge in [-0.1, -0.05) is 96.6 Å². The van der Waals surface area contributed by atoms with E-state index in [9.17, 15) is 19.5 Å². The van der Waals surface area contributed by atoms with Crippen molar-refractivity contribution in [1.82, 2.24) is 9.80 Å². The lowest BCUT2D eigenvalue weighted by molar-refractivity contribution is -0.147. The van der Waals surface area contributed by atoms with Crippen molar-refractivity contribution < 1.29 is 24.2 Å². The molecule has 0 saturated carbocycles. The maximum atomic E-state index is 14.8. The first-order valence-corrected chi connectivity index (χ1v) is 15.7. The van der Waals surface area contributed by atoms with E-state index in [2.05, 4.69) is 0 Å². The van der Waals surface area contributed by atoms with Crippen LogP contribution in [0.1, 0.15) is 11.1 Å². The number of rotatable bonds is 7. The highest BCUT2D eigenvalue weighted by molar-refractivity contribution is 6.30. The first-order chi connectivity index (χ1) is 21.9. The summed E-state index contributed by atoms with van der Waals surface area (Å²) in [4.78, 5) is 48.7.